The van der Waals surface area contributed by atoms with Crippen LogP contribution in [-0.2, 0) is 20.7 Å². The summed E-state index contributed by atoms with van der Waals surface area (Å²) in [5.74, 6) is -0.990. The van der Waals surface area contributed by atoms with Crippen LogP contribution in [0, 0.1) is 0 Å². The SMILES string of the molecule is CCCCCCC(/C=C/C=C/c1ccccc1CCCCC(=O)O)OC(C)=O. The van der Waals surface area contributed by atoms with E-state index in [2.05, 4.69) is 19.1 Å². The maximum atomic E-state index is 11.3. The van der Waals surface area contributed by atoms with E-state index >= 15 is 0 Å². The van der Waals surface area contributed by atoms with Gasteiger partial charge in [-0.05, 0) is 49.3 Å². The Balaban J connectivity index is 2.60. The predicted molar refractivity (Wildman–Crippen MR) is 114 cm³/mol. The van der Waals surface area contributed by atoms with Crippen LogP contribution in [0.3, 0.4) is 0 Å². The third kappa shape index (κ3) is 11.4. The number of rotatable bonds is 14. The number of esters is 1. The van der Waals surface area contributed by atoms with Crippen molar-refractivity contribution >= 4 is 18.0 Å². The Bertz CT molecular complexity index is 646. The molecule has 0 aliphatic rings. The van der Waals surface area contributed by atoms with E-state index in [-0.39, 0.29) is 18.5 Å². The largest absolute Gasteiger partial charge is 0.481 e. The lowest BCUT2D eigenvalue weighted by Crippen LogP contribution is -2.13. The van der Waals surface area contributed by atoms with Gasteiger partial charge in [0.2, 0.25) is 0 Å². The van der Waals surface area contributed by atoms with Crippen molar-refractivity contribution < 1.29 is 19.4 Å². The molecule has 0 aromatic heterocycles. The summed E-state index contributed by atoms with van der Waals surface area (Å²) in [7, 11) is 0. The van der Waals surface area contributed by atoms with Gasteiger partial charge in [0.05, 0.1) is 0 Å². The molecule has 154 valence electrons. The first-order chi connectivity index (χ1) is 13.5. The number of unbranched alkanes of at least 4 members (excludes halogenated alkanes) is 4. The third-order valence-corrected chi connectivity index (χ3v) is 4.51. The molecule has 4 heteroatoms. The summed E-state index contributed by atoms with van der Waals surface area (Å²) in [5, 5.41) is 8.74. The van der Waals surface area contributed by atoms with Gasteiger partial charge in [0.25, 0.3) is 0 Å². The van der Waals surface area contributed by atoms with Crippen molar-refractivity contribution in [1.29, 1.82) is 0 Å². The van der Waals surface area contributed by atoms with Crippen LogP contribution in [0.15, 0.2) is 42.5 Å². The molecule has 0 fully saturated rings. The molecule has 28 heavy (non-hydrogen) atoms. The van der Waals surface area contributed by atoms with Gasteiger partial charge in [-0.3, -0.25) is 9.59 Å². The highest BCUT2D eigenvalue weighted by molar-refractivity contribution is 5.66. The summed E-state index contributed by atoms with van der Waals surface area (Å²) in [5.41, 5.74) is 2.35. The van der Waals surface area contributed by atoms with Gasteiger partial charge in [-0.2, -0.15) is 0 Å². The molecule has 1 atom stereocenters. The van der Waals surface area contributed by atoms with Gasteiger partial charge in [-0.25, -0.2) is 0 Å². The van der Waals surface area contributed by atoms with E-state index < -0.39 is 5.97 Å². The highest BCUT2D eigenvalue weighted by Gasteiger charge is 2.07. The molecule has 0 bridgehead atoms. The molecule has 4 nitrogen and oxygen atoms in total. The lowest BCUT2D eigenvalue weighted by atomic mass is 10.0. The molecule has 0 radical (unpaired) electrons. The summed E-state index contributed by atoms with van der Waals surface area (Å²) < 4.78 is 5.38. The van der Waals surface area contributed by atoms with Crippen molar-refractivity contribution in [3.63, 3.8) is 0 Å². The number of carboxylic acid groups (broad SMARTS) is 1. The lowest BCUT2D eigenvalue weighted by Gasteiger charge is -2.12. The van der Waals surface area contributed by atoms with E-state index in [1.165, 1.54) is 25.3 Å². The normalized spacial score (nSPS) is 12.5. The molecule has 0 heterocycles. The van der Waals surface area contributed by atoms with Gasteiger partial charge in [0.15, 0.2) is 0 Å². The Labute approximate surface area is 169 Å². The first kappa shape index (κ1) is 23.7. The van der Waals surface area contributed by atoms with Gasteiger partial charge >= 0.3 is 11.9 Å². The molecule has 0 spiro atoms. The van der Waals surface area contributed by atoms with E-state index in [4.69, 9.17) is 9.84 Å². The van der Waals surface area contributed by atoms with Crippen molar-refractivity contribution in [1.82, 2.24) is 0 Å². The van der Waals surface area contributed by atoms with Crippen LogP contribution in [-0.4, -0.2) is 23.1 Å². The second kappa shape index (κ2) is 14.7. The Morgan fingerprint density at radius 2 is 1.86 bits per heavy atom. The number of ether oxygens (including phenoxy) is 1. The zero-order chi connectivity index (χ0) is 20.6. The highest BCUT2D eigenvalue weighted by Crippen LogP contribution is 2.15. The first-order valence-electron chi connectivity index (χ1n) is 10.3. The van der Waals surface area contributed by atoms with Crippen molar-refractivity contribution in [3.05, 3.63) is 53.6 Å². The summed E-state index contributed by atoms with van der Waals surface area (Å²) >= 11 is 0. The Morgan fingerprint density at radius 1 is 1.07 bits per heavy atom. The van der Waals surface area contributed by atoms with Gasteiger partial charge in [0, 0.05) is 13.3 Å². The van der Waals surface area contributed by atoms with Crippen LogP contribution in [0.5, 0.6) is 0 Å². The predicted octanol–water partition coefficient (Wildman–Crippen LogP) is 5.96. The summed E-state index contributed by atoms with van der Waals surface area (Å²) in [6.07, 6.45) is 15.8. The Hall–Kier alpha value is -2.36. The molecular weight excluding hydrogens is 352 g/mol. The number of carbonyl (C=O) groups is 2. The monoisotopic (exact) mass is 386 g/mol. The second-order valence-corrected chi connectivity index (χ2v) is 7.04. The average Bonchev–Trinajstić information content (AvgIpc) is 2.66. The van der Waals surface area contributed by atoms with E-state index in [0.717, 1.165) is 37.7 Å². The number of benzene rings is 1. The van der Waals surface area contributed by atoms with Crippen LogP contribution >= 0.6 is 0 Å². The summed E-state index contributed by atoms with van der Waals surface area (Å²) in [4.78, 5) is 21.9. The third-order valence-electron chi connectivity index (χ3n) is 4.51. The number of aliphatic carboxylic acids is 1. The maximum absolute atomic E-state index is 11.3. The molecule has 0 saturated carbocycles. The Morgan fingerprint density at radius 3 is 2.57 bits per heavy atom. The summed E-state index contributed by atoms with van der Waals surface area (Å²) in [6, 6.07) is 8.15. The van der Waals surface area contributed by atoms with E-state index in [1.807, 2.05) is 36.4 Å². The van der Waals surface area contributed by atoms with E-state index in [0.29, 0.717) is 6.42 Å². The standard InChI is InChI=1S/C24H34O4/c1-3-4-5-6-17-23(28-20(2)25)18-11-9-15-21-13-7-8-14-22(21)16-10-12-19-24(26)27/h7-9,11,13-15,18,23H,3-6,10,12,16-17,19H2,1-2H3,(H,26,27)/b15-9+,18-11+. The van der Waals surface area contributed by atoms with Crippen LogP contribution in [0.25, 0.3) is 6.08 Å². The number of allylic oxidation sites excluding steroid dienone is 2. The first-order valence-corrected chi connectivity index (χ1v) is 10.3. The molecule has 1 unspecified atom stereocenters. The molecule has 1 rings (SSSR count). The average molecular weight is 387 g/mol. The van der Waals surface area contributed by atoms with Gasteiger partial charge in [-0.15, -0.1) is 0 Å². The van der Waals surface area contributed by atoms with Crippen LogP contribution in [0.4, 0.5) is 0 Å². The zero-order valence-corrected chi connectivity index (χ0v) is 17.2. The molecular formula is C24H34O4. The minimum Gasteiger partial charge on any atom is -0.481 e. The highest BCUT2D eigenvalue weighted by atomic mass is 16.5. The number of carboxylic acids is 1. The molecule has 0 aliphatic carbocycles. The molecule has 1 aromatic carbocycles. The van der Waals surface area contributed by atoms with Crippen LogP contribution in [0.2, 0.25) is 0 Å². The van der Waals surface area contributed by atoms with Crippen molar-refractivity contribution in [2.24, 2.45) is 0 Å². The Kier molecular flexibility index (Phi) is 12.4. The number of hydrogen-bond acceptors (Lipinski definition) is 3. The minimum atomic E-state index is -0.740. The molecule has 0 aliphatic heterocycles. The van der Waals surface area contributed by atoms with Gasteiger partial charge < -0.3 is 9.84 Å². The molecule has 0 amide bonds. The van der Waals surface area contributed by atoms with Crippen molar-refractivity contribution in [3.8, 4) is 0 Å². The van der Waals surface area contributed by atoms with Crippen molar-refractivity contribution in [2.45, 2.75) is 77.7 Å². The van der Waals surface area contributed by atoms with E-state index in [9.17, 15) is 9.59 Å². The number of hydrogen-bond donors (Lipinski definition) is 1. The smallest absolute Gasteiger partial charge is 0.303 e. The van der Waals surface area contributed by atoms with Crippen LogP contribution < -0.4 is 0 Å². The summed E-state index contributed by atoms with van der Waals surface area (Å²) in [6.45, 7) is 3.63. The topological polar surface area (TPSA) is 63.6 Å². The fourth-order valence-corrected chi connectivity index (χ4v) is 3.04. The van der Waals surface area contributed by atoms with Gasteiger partial charge in [0.1, 0.15) is 6.10 Å². The minimum absolute atomic E-state index is 0.176. The number of carbonyl (C=O) groups excluding carboxylic acids is 1. The van der Waals surface area contributed by atoms with Crippen LogP contribution in [0.1, 0.15) is 76.3 Å². The van der Waals surface area contributed by atoms with Crippen molar-refractivity contribution in [2.75, 3.05) is 0 Å². The number of aryl methyl sites for hydroxylation is 1. The fourth-order valence-electron chi connectivity index (χ4n) is 3.04. The van der Waals surface area contributed by atoms with Gasteiger partial charge in [-0.1, -0.05) is 68.7 Å². The molecule has 1 N–H and O–H groups in total. The maximum Gasteiger partial charge on any atom is 0.303 e. The fraction of sp³-hybridized carbons (Fsp3) is 0.500. The second-order valence-electron chi connectivity index (χ2n) is 7.04. The zero-order valence-electron chi connectivity index (χ0n) is 17.2. The molecule has 1 aromatic rings. The van der Waals surface area contributed by atoms with E-state index in [1.54, 1.807) is 0 Å². The lowest BCUT2D eigenvalue weighted by molar-refractivity contribution is -0.144. The molecule has 0 saturated heterocycles. The quantitative estimate of drug-likeness (QED) is 0.243.